The number of fused-ring (bicyclic) bond motifs is 1. The third kappa shape index (κ3) is 1.87. The van der Waals surface area contributed by atoms with Gasteiger partial charge in [-0.15, -0.1) is 10.2 Å². The van der Waals surface area contributed by atoms with E-state index in [1.54, 1.807) is 10.5 Å². The first-order chi connectivity index (χ1) is 7.58. The first-order valence-corrected chi connectivity index (χ1v) is 4.79. The van der Waals surface area contributed by atoms with Crippen molar-refractivity contribution in [1.29, 1.82) is 0 Å². The lowest BCUT2D eigenvalue weighted by molar-refractivity contribution is 0.0696. The Bertz CT molecular complexity index is 533. The van der Waals surface area contributed by atoms with Gasteiger partial charge in [-0.3, -0.25) is 4.40 Å². The van der Waals surface area contributed by atoms with Gasteiger partial charge in [0.15, 0.2) is 11.5 Å². The summed E-state index contributed by atoms with van der Waals surface area (Å²) in [5.74, 6) is -0.227. The second-order valence-corrected chi connectivity index (χ2v) is 3.81. The van der Waals surface area contributed by atoms with E-state index in [0.29, 0.717) is 12.2 Å². The van der Waals surface area contributed by atoms with Crippen LogP contribution in [-0.2, 0) is 6.54 Å². The fourth-order valence-electron chi connectivity index (χ4n) is 1.46. The molecule has 2 aromatic rings. The topological polar surface area (TPSA) is 70.7 Å². The van der Waals surface area contributed by atoms with Crippen molar-refractivity contribution in [3.63, 3.8) is 0 Å². The summed E-state index contributed by atoms with van der Waals surface area (Å²) in [5.41, 5.74) is 0.883. The molecule has 16 heavy (non-hydrogen) atoms. The van der Waals surface area contributed by atoms with Crippen LogP contribution in [0, 0.1) is 0 Å². The zero-order valence-electron chi connectivity index (χ0n) is 9.08. The van der Waals surface area contributed by atoms with Gasteiger partial charge in [0, 0.05) is 6.20 Å². The van der Waals surface area contributed by atoms with Crippen LogP contribution in [0.3, 0.4) is 0 Å². The standard InChI is InChI=1S/C10H12N4O2/c1-13(2)6-9-12-11-8-4-3-7(10(15)16)5-14(8)9/h3-5H,6H2,1-2H3,(H,15,16). The number of carboxylic acid groups (broad SMARTS) is 1. The lowest BCUT2D eigenvalue weighted by Gasteiger charge is -2.07. The molecule has 0 aliphatic heterocycles. The Morgan fingerprint density at radius 3 is 2.81 bits per heavy atom. The summed E-state index contributed by atoms with van der Waals surface area (Å²) in [6.07, 6.45) is 1.54. The Kier molecular flexibility index (Phi) is 2.57. The van der Waals surface area contributed by atoms with Crippen LogP contribution in [0.1, 0.15) is 16.2 Å². The summed E-state index contributed by atoms with van der Waals surface area (Å²) >= 11 is 0. The predicted molar refractivity (Wildman–Crippen MR) is 57.3 cm³/mol. The van der Waals surface area contributed by atoms with E-state index in [0.717, 1.165) is 5.82 Å². The number of nitrogens with zero attached hydrogens (tertiary/aromatic N) is 4. The third-order valence-electron chi connectivity index (χ3n) is 2.18. The second-order valence-electron chi connectivity index (χ2n) is 3.81. The van der Waals surface area contributed by atoms with Gasteiger partial charge >= 0.3 is 5.97 Å². The molecule has 0 bridgehead atoms. The van der Waals surface area contributed by atoms with E-state index in [4.69, 9.17) is 5.11 Å². The van der Waals surface area contributed by atoms with Gasteiger partial charge in [0.25, 0.3) is 0 Å². The van der Waals surface area contributed by atoms with E-state index >= 15 is 0 Å². The number of aromatic carboxylic acids is 1. The first kappa shape index (κ1) is 10.6. The van der Waals surface area contributed by atoms with Crippen LogP contribution in [0.15, 0.2) is 18.3 Å². The van der Waals surface area contributed by atoms with E-state index in [-0.39, 0.29) is 5.56 Å². The quantitative estimate of drug-likeness (QED) is 0.815. The normalized spacial score (nSPS) is 11.2. The van der Waals surface area contributed by atoms with Crippen LogP contribution in [0.4, 0.5) is 0 Å². The maximum absolute atomic E-state index is 10.8. The van der Waals surface area contributed by atoms with E-state index in [2.05, 4.69) is 10.2 Å². The second kappa shape index (κ2) is 3.90. The molecule has 1 N–H and O–H groups in total. The molecule has 0 saturated carbocycles. The van der Waals surface area contributed by atoms with Gasteiger partial charge in [-0.25, -0.2) is 4.79 Å². The molecular formula is C10H12N4O2. The summed E-state index contributed by atoms with van der Waals surface area (Å²) in [6, 6.07) is 3.17. The zero-order valence-corrected chi connectivity index (χ0v) is 9.08. The number of hydrogen-bond donors (Lipinski definition) is 1. The number of carbonyl (C=O) groups is 1. The molecule has 6 nitrogen and oxygen atoms in total. The van der Waals surface area contributed by atoms with Gasteiger partial charge in [-0.1, -0.05) is 0 Å². The lowest BCUT2D eigenvalue weighted by atomic mass is 10.3. The Labute approximate surface area is 92.1 Å². The SMILES string of the molecule is CN(C)Cc1nnc2ccc(C(=O)O)cn12. The fraction of sp³-hybridized carbons (Fsp3) is 0.300. The Hall–Kier alpha value is -1.95. The van der Waals surface area contributed by atoms with Gasteiger partial charge in [0.1, 0.15) is 0 Å². The third-order valence-corrected chi connectivity index (χ3v) is 2.18. The van der Waals surface area contributed by atoms with E-state index in [1.807, 2.05) is 19.0 Å². The number of pyridine rings is 1. The summed E-state index contributed by atoms with van der Waals surface area (Å²) in [7, 11) is 3.84. The minimum absolute atomic E-state index is 0.229. The summed E-state index contributed by atoms with van der Waals surface area (Å²) in [5, 5.41) is 16.9. The number of carboxylic acids is 1. The molecule has 0 radical (unpaired) electrons. The van der Waals surface area contributed by atoms with Crippen LogP contribution in [0.5, 0.6) is 0 Å². The van der Waals surface area contributed by atoms with Gasteiger partial charge in [-0.2, -0.15) is 0 Å². The van der Waals surface area contributed by atoms with Crippen molar-refractivity contribution in [3.8, 4) is 0 Å². The van der Waals surface area contributed by atoms with Crippen LogP contribution in [0.25, 0.3) is 5.65 Å². The van der Waals surface area contributed by atoms with E-state index in [1.165, 1.54) is 12.3 Å². The van der Waals surface area contributed by atoms with Crippen molar-refractivity contribution in [2.75, 3.05) is 14.1 Å². The number of rotatable bonds is 3. The molecular weight excluding hydrogens is 208 g/mol. The highest BCUT2D eigenvalue weighted by Gasteiger charge is 2.09. The zero-order chi connectivity index (χ0) is 11.7. The molecule has 0 atom stereocenters. The maximum atomic E-state index is 10.8. The minimum atomic E-state index is -0.952. The van der Waals surface area contributed by atoms with Gasteiger partial charge in [-0.05, 0) is 26.2 Å². The van der Waals surface area contributed by atoms with Crippen molar-refractivity contribution in [1.82, 2.24) is 19.5 Å². The Morgan fingerprint density at radius 2 is 2.19 bits per heavy atom. The monoisotopic (exact) mass is 220 g/mol. The number of aromatic nitrogens is 3. The largest absolute Gasteiger partial charge is 0.478 e. The van der Waals surface area contributed by atoms with Crippen LogP contribution < -0.4 is 0 Å². The highest BCUT2D eigenvalue weighted by atomic mass is 16.4. The Balaban J connectivity index is 2.51. The van der Waals surface area contributed by atoms with Crippen molar-refractivity contribution in [3.05, 3.63) is 29.7 Å². The van der Waals surface area contributed by atoms with Crippen molar-refractivity contribution >= 4 is 11.6 Å². The predicted octanol–water partition coefficient (Wildman–Crippen LogP) is 0.489. The molecule has 2 aromatic heterocycles. The molecule has 0 aliphatic carbocycles. The molecule has 0 fully saturated rings. The van der Waals surface area contributed by atoms with E-state index < -0.39 is 5.97 Å². The summed E-state index contributed by atoms with van der Waals surface area (Å²) in [6.45, 7) is 0.615. The molecule has 2 heterocycles. The minimum Gasteiger partial charge on any atom is -0.478 e. The van der Waals surface area contributed by atoms with Gasteiger partial charge in [0.2, 0.25) is 0 Å². The average molecular weight is 220 g/mol. The first-order valence-electron chi connectivity index (χ1n) is 4.79. The molecule has 0 saturated heterocycles. The molecule has 0 unspecified atom stereocenters. The van der Waals surface area contributed by atoms with Crippen molar-refractivity contribution in [2.45, 2.75) is 6.54 Å². The molecule has 0 amide bonds. The van der Waals surface area contributed by atoms with Crippen LogP contribution in [0.2, 0.25) is 0 Å². The lowest BCUT2D eigenvalue weighted by Crippen LogP contribution is -2.13. The molecule has 2 rings (SSSR count). The van der Waals surface area contributed by atoms with E-state index in [9.17, 15) is 4.79 Å². The van der Waals surface area contributed by atoms with Crippen LogP contribution >= 0.6 is 0 Å². The fourth-order valence-corrected chi connectivity index (χ4v) is 1.46. The highest BCUT2D eigenvalue weighted by Crippen LogP contribution is 2.08. The maximum Gasteiger partial charge on any atom is 0.337 e. The molecule has 84 valence electrons. The summed E-state index contributed by atoms with van der Waals surface area (Å²) in [4.78, 5) is 12.8. The summed E-state index contributed by atoms with van der Waals surface area (Å²) < 4.78 is 1.70. The average Bonchev–Trinajstić information content (AvgIpc) is 2.60. The molecule has 0 aliphatic rings. The Morgan fingerprint density at radius 1 is 1.44 bits per heavy atom. The molecule has 0 aromatic carbocycles. The molecule has 6 heteroatoms. The molecule has 0 spiro atoms. The smallest absolute Gasteiger partial charge is 0.337 e. The van der Waals surface area contributed by atoms with Gasteiger partial charge in [0.05, 0.1) is 12.1 Å². The van der Waals surface area contributed by atoms with Gasteiger partial charge < -0.3 is 10.0 Å². The number of hydrogen-bond acceptors (Lipinski definition) is 4. The van der Waals surface area contributed by atoms with Crippen molar-refractivity contribution < 1.29 is 9.90 Å². The van der Waals surface area contributed by atoms with Crippen molar-refractivity contribution in [2.24, 2.45) is 0 Å². The highest BCUT2D eigenvalue weighted by molar-refractivity contribution is 5.87. The van der Waals surface area contributed by atoms with Crippen LogP contribution in [-0.4, -0.2) is 44.7 Å².